The summed E-state index contributed by atoms with van der Waals surface area (Å²) in [7, 11) is 5.85. The zero-order valence-corrected chi connectivity index (χ0v) is 17.3. The molecule has 0 amide bonds. The SMILES string of the molecule is CN(C)C=C(C(=O)c1ccc(F)cc1OCc1ccccc1)N1CCN(C)CC1. The van der Waals surface area contributed by atoms with E-state index in [1.807, 2.05) is 55.5 Å². The normalized spacial score (nSPS) is 15.3. The van der Waals surface area contributed by atoms with Crippen LogP contribution in [-0.2, 0) is 6.61 Å². The average molecular weight is 397 g/mol. The molecule has 1 fully saturated rings. The largest absolute Gasteiger partial charge is 0.488 e. The Morgan fingerprint density at radius 3 is 2.45 bits per heavy atom. The second-order valence-electron chi connectivity index (χ2n) is 7.51. The Morgan fingerprint density at radius 1 is 1.10 bits per heavy atom. The maximum absolute atomic E-state index is 13.9. The van der Waals surface area contributed by atoms with Crippen LogP contribution in [-0.4, -0.2) is 67.8 Å². The molecule has 0 N–H and O–H groups in total. The van der Waals surface area contributed by atoms with E-state index in [2.05, 4.69) is 16.8 Å². The summed E-state index contributed by atoms with van der Waals surface area (Å²) in [4.78, 5) is 19.6. The van der Waals surface area contributed by atoms with E-state index in [1.54, 1.807) is 0 Å². The molecule has 0 atom stereocenters. The summed E-state index contributed by atoms with van der Waals surface area (Å²) in [6.07, 6.45) is 1.83. The van der Waals surface area contributed by atoms with Crippen LogP contribution in [0.4, 0.5) is 4.39 Å². The van der Waals surface area contributed by atoms with Crippen LogP contribution < -0.4 is 4.74 Å². The van der Waals surface area contributed by atoms with Gasteiger partial charge in [0.1, 0.15) is 23.9 Å². The molecule has 6 heteroatoms. The van der Waals surface area contributed by atoms with Gasteiger partial charge in [0, 0.05) is 52.5 Å². The van der Waals surface area contributed by atoms with E-state index in [4.69, 9.17) is 4.74 Å². The molecule has 0 aliphatic carbocycles. The Kier molecular flexibility index (Phi) is 6.88. The molecule has 1 heterocycles. The molecule has 5 nitrogen and oxygen atoms in total. The summed E-state index contributed by atoms with van der Waals surface area (Å²) in [5.74, 6) is -0.328. The Labute approximate surface area is 172 Å². The van der Waals surface area contributed by atoms with Gasteiger partial charge in [0.05, 0.1) is 5.56 Å². The zero-order valence-electron chi connectivity index (χ0n) is 17.3. The van der Waals surface area contributed by atoms with Gasteiger partial charge in [-0.05, 0) is 24.7 Å². The first-order chi connectivity index (χ1) is 13.9. The lowest BCUT2D eigenvalue weighted by atomic mass is 10.1. The number of halogens is 1. The Morgan fingerprint density at radius 2 is 1.79 bits per heavy atom. The Bertz CT molecular complexity index is 860. The van der Waals surface area contributed by atoms with Crippen LogP contribution in [0, 0.1) is 5.82 Å². The number of hydrogen-bond donors (Lipinski definition) is 0. The van der Waals surface area contributed by atoms with Crippen molar-refractivity contribution in [2.45, 2.75) is 6.61 Å². The number of carbonyl (C=O) groups is 1. The van der Waals surface area contributed by atoms with Crippen LogP contribution in [0.5, 0.6) is 5.75 Å². The number of likely N-dealkylation sites (N-methyl/N-ethyl adjacent to an activating group) is 1. The van der Waals surface area contributed by atoms with E-state index in [0.717, 1.165) is 31.7 Å². The molecule has 154 valence electrons. The molecule has 0 spiro atoms. The molecule has 0 aromatic heterocycles. The zero-order chi connectivity index (χ0) is 20.8. The fourth-order valence-electron chi connectivity index (χ4n) is 3.25. The molecule has 2 aromatic rings. The molecule has 3 rings (SSSR count). The van der Waals surface area contributed by atoms with E-state index in [9.17, 15) is 9.18 Å². The third-order valence-electron chi connectivity index (χ3n) is 4.88. The smallest absolute Gasteiger partial charge is 0.214 e. The highest BCUT2D eigenvalue weighted by atomic mass is 19.1. The van der Waals surface area contributed by atoms with Gasteiger partial charge in [-0.2, -0.15) is 0 Å². The molecular formula is C23H28FN3O2. The average Bonchev–Trinajstić information content (AvgIpc) is 2.71. The van der Waals surface area contributed by atoms with Gasteiger partial charge in [-0.25, -0.2) is 4.39 Å². The van der Waals surface area contributed by atoms with Crippen molar-refractivity contribution >= 4 is 5.78 Å². The highest BCUT2D eigenvalue weighted by Gasteiger charge is 2.25. The minimum absolute atomic E-state index is 0.161. The second-order valence-corrected chi connectivity index (χ2v) is 7.51. The lowest BCUT2D eigenvalue weighted by Crippen LogP contribution is -2.45. The molecule has 0 bridgehead atoms. The topological polar surface area (TPSA) is 36.0 Å². The Balaban J connectivity index is 1.87. The summed E-state index contributed by atoms with van der Waals surface area (Å²) in [5.41, 5.74) is 1.92. The third kappa shape index (κ3) is 5.57. The van der Waals surface area contributed by atoms with Gasteiger partial charge in [-0.3, -0.25) is 4.79 Å². The van der Waals surface area contributed by atoms with Crippen molar-refractivity contribution in [3.63, 3.8) is 0 Å². The van der Waals surface area contributed by atoms with Crippen LogP contribution >= 0.6 is 0 Å². The summed E-state index contributed by atoms with van der Waals surface area (Å²) in [5, 5.41) is 0. The molecule has 2 aromatic carbocycles. The number of Topliss-reactive ketones (excluding diaryl/α,β-unsaturated/α-hetero) is 1. The minimum atomic E-state index is -0.428. The van der Waals surface area contributed by atoms with Crippen LogP contribution in [0.1, 0.15) is 15.9 Å². The van der Waals surface area contributed by atoms with Gasteiger partial charge in [-0.15, -0.1) is 0 Å². The number of rotatable bonds is 7. The van der Waals surface area contributed by atoms with Crippen molar-refractivity contribution in [2.75, 3.05) is 47.3 Å². The summed E-state index contributed by atoms with van der Waals surface area (Å²) in [6, 6.07) is 13.7. The summed E-state index contributed by atoms with van der Waals surface area (Å²) >= 11 is 0. The van der Waals surface area contributed by atoms with Gasteiger partial charge in [0.15, 0.2) is 0 Å². The van der Waals surface area contributed by atoms with Crippen LogP contribution in [0.2, 0.25) is 0 Å². The maximum Gasteiger partial charge on any atom is 0.214 e. The van der Waals surface area contributed by atoms with Gasteiger partial charge in [0.25, 0.3) is 0 Å². The number of carbonyl (C=O) groups excluding carboxylic acids is 1. The first-order valence-electron chi connectivity index (χ1n) is 9.77. The predicted molar refractivity (Wildman–Crippen MR) is 112 cm³/mol. The van der Waals surface area contributed by atoms with Crippen molar-refractivity contribution in [1.82, 2.24) is 14.7 Å². The number of benzene rings is 2. The third-order valence-corrected chi connectivity index (χ3v) is 4.88. The maximum atomic E-state index is 13.9. The summed E-state index contributed by atoms with van der Waals surface area (Å²) in [6.45, 7) is 3.58. The second kappa shape index (κ2) is 9.56. The lowest BCUT2D eigenvalue weighted by molar-refractivity contribution is 0.0954. The van der Waals surface area contributed by atoms with E-state index in [1.165, 1.54) is 18.2 Å². The monoisotopic (exact) mass is 397 g/mol. The highest BCUT2D eigenvalue weighted by Crippen LogP contribution is 2.26. The number of hydrogen-bond acceptors (Lipinski definition) is 5. The molecular weight excluding hydrogens is 369 g/mol. The lowest BCUT2D eigenvalue weighted by Gasteiger charge is -2.35. The van der Waals surface area contributed by atoms with Gasteiger partial charge in [-0.1, -0.05) is 30.3 Å². The molecule has 1 aliphatic rings. The highest BCUT2D eigenvalue weighted by molar-refractivity contribution is 6.10. The number of nitrogens with zero attached hydrogens (tertiary/aromatic N) is 3. The minimum Gasteiger partial charge on any atom is -0.488 e. The van der Waals surface area contributed by atoms with Crippen molar-refractivity contribution in [3.05, 3.63) is 77.4 Å². The van der Waals surface area contributed by atoms with E-state index >= 15 is 0 Å². The Hall–Kier alpha value is -2.86. The van der Waals surface area contributed by atoms with Crippen LogP contribution in [0.25, 0.3) is 0 Å². The van der Waals surface area contributed by atoms with E-state index in [0.29, 0.717) is 11.3 Å². The van der Waals surface area contributed by atoms with Crippen molar-refractivity contribution < 1.29 is 13.9 Å². The number of ether oxygens (including phenoxy) is 1. The molecule has 1 aliphatic heterocycles. The molecule has 0 unspecified atom stereocenters. The number of piperazine rings is 1. The van der Waals surface area contributed by atoms with Crippen molar-refractivity contribution in [1.29, 1.82) is 0 Å². The van der Waals surface area contributed by atoms with Gasteiger partial charge >= 0.3 is 0 Å². The van der Waals surface area contributed by atoms with Gasteiger partial charge < -0.3 is 19.4 Å². The number of ketones is 1. The first kappa shape index (κ1) is 20.9. The van der Waals surface area contributed by atoms with E-state index < -0.39 is 5.82 Å². The standard InChI is InChI=1S/C23H28FN3O2/c1-25(2)16-21(27-13-11-26(3)12-14-27)23(28)20-10-9-19(24)15-22(20)29-17-18-7-5-4-6-8-18/h4-10,15-16H,11-14,17H2,1-3H3. The van der Waals surface area contributed by atoms with Crippen LogP contribution in [0.3, 0.4) is 0 Å². The predicted octanol–water partition coefficient (Wildman–Crippen LogP) is 3.24. The van der Waals surface area contributed by atoms with Crippen LogP contribution in [0.15, 0.2) is 60.4 Å². The van der Waals surface area contributed by atoms with Gasteiger partial charge in [0.2, 0.25) is 5.78 Å². The number of allylic oxidation sites excluding steroid dienone is 1. The fourth-order valence-corrected chi connectivity index (χ4v) is 3.25. The molecule has 0 saturated carbocycles. The fraction of sp³-hybridized carbons (Fsp3) is 0.348. The molecule has 1 saturated heterocycles. The quantitative estimate of drug-likeness (QED) is 0.530. The van der Waals surface area contributed by atoms with Crippen molar-refractivity contribution in [2.24, 2.45) is 0 Å². The molecule has 29 heavy (non-hydrogen) atoms. The molecule has 0 radical (unpaired) electrons. The van der Waals surface area contributed by atoms with Crippen molar-refractivity contribution in [3.8, 4) is 5.75 Å². The summed E-state index contributed by atoms with van der Waals surface area (Å²) < 4.78 is 19.8. The van der Waals surface area contributed by atoms with E-state index in [-0.39, 0.29) is 18.1 Å². The first-order valence-corrected chi connectivity index (χ1v) is 9.77.